The first kappa shape index (κ1) is 17.7. The Morgan fingerprint density at radius 3 is 2.54 bits per heavy atom. The van der Waals surface area contributed by atoms with Crippen LogP contribution in [-0.4, -0.2) is 28.5 Å². The molecule has 0 spiro atoms. The molecular formula is C20H14F2N4O2. The quantitative estimate of drug-likeness (QED) is 0.529. The van der Waals surface area contributed by atoms with Crippen molar-refractivity contribution in [2.45, 2.75) is 6.61 Å². The molecule has 0 aliphatic heterocycles. The number of fused-ring (bicyclic) bond motifs is 3. The summed E-state index contributed by atoms with van der Waals surface area (Å²) in [6.45, 7) is -2.97. The third-order valence-electron chi connectivity index (χ3n) is 4.47. The van der Waals surface area contributed by atoms with Crippen molar-refractivity contribution in [3.05, 3.63) is 48.2 Å². The summed E-state index contributed by atoms with van der Waals surface area (Å²) < 4.78 is 36.9. The van der Waals surface area contributed by atoms with Crippen molar-refractivity contribution >= 4 is 21.8 Å². The number of halogens is 2. The molecule has 0 atom stereocenters. The van der Waals surface area contributed by atoms with Gasteiger partial charge in [0.15, 0.2) is 11.5 Å². The van der Waals surface area contributed by atoms with Crippen LogP contribution in [0.4, 0.5) is 8.78 Å². The molecule has 0 saturated carbocycles. The molecule has 140 valence electrons. The Morgan fingerprint density at radius 2 is 1.89 bits per heavy atom. The molecule has 0 aliphatic rings. The smallest absolute Gasteiger partial charge is 0.387 e. The molecule has 0 fully saturated rings. The average Bonchev–Trinajstić information content (AvgIpc) is 3.04. The van der Waals surface area contributed by atoms with Gasteiger partial charge in [-0.25, -0.2) is 0 Å². The molecule has 0 aliphatic carbocycles. The maximum Gasteiger partial charge on any atom is 0.387 e. The molecule has 6 nitrogen and oxygen atoms in total. The van der Waals surface area contributed by atoms with Crippen LogP contribution in [0.2, 0.25) is 0 Å². The van der Waals surface area contributed by atoms with Crippen LogP contribution >= 0.6 is 0 Å². The Hall–Kier alpha value is -3.73. The van der Waals surface area contributed by atoms with E-state index < -0.39 is 6.61 Å². The zero-order valence-electron chi connectivity index (χ0n) is 15.0. The van der Waals surface area contributed by atoms with Gasteiger partial charge in [-0.15, -0.1) is 0 Å². The Morgan fingerprint density at radius 1 is 1.14 bits per heavy atom. The lowest BCUT2D eigenvalue weighted by atomic mass is 10.0. The fourth-order valence-electron chi connectivity index (χ4n) is 3.19. The lowest BCUT2D eigenvalue weighted by Crippen LogP contribution is -2.03. The van der Waals surface area contributed by atoms with E-state index >= 15 is 0 Å². The SMILES string of the molecule is COc1cc2c(cc1OC(F)F)ncc1c2c(-c2ccc(C#N)cc2)nn1C. The van der Waals surface area contributed by atoms with Crippen molar-refractivity contribution in [2.75, 3.05) is 7.11 Å². The van der Waals surface area contributed by atoms with E-state index in [0.29, 0.717) is 22.2 Å². The maximum absolute atomic E-state index is 12.7. The lowest BCUT2D eigenvalue weighted by Gasteiger charge is -2.11. The highest BCUT2D eigenvalue weighted by molar-refractivity contribution is 6.11. The largest absolute Gasteiger partial charge is 0.493 e. The van der Waals surface area contributed by atoms with Gasteiger partial charge in [-0.3, -0.25) is 9.67 Å². The molecule has 0 unspecified atom stereocenters. The number of nitrogens with zero attached hydrogens (tertiary/aromatic N) is 4. The van der Waals surface area contributed by atoms with Gasteiger partial charge in [0.1, 0.15) is 5.69 Å². The van der Waals surface area contributed by atoms with Gasteiger partial charge >= 0.3 is 6.61 Å². The fourth-order valence-corrected chi connectivity index (χ4v) is 3.19. The summed E-state index contributed by atoms with van der Waals surface area (Å²) in [6.07, 6.45) is 1.64. The minimum absolute atomic E-state index is 0.0827. The standard InChI is InChI=1S/C20H14F2N4O2/c1-26-15-10-24-14-8-17(28-20(21)22)16(27-2)7-13(14)18(15)19(25-26)12-5-3-11(9-23)4-6-12/h3-8,10,20H,1-2H3. The van der Waals surface area contributed by atoms with Gasteiger partial charge in [-0.05, 0) is 18.2 Å². The van der Waals surface area contributed by atoms with Gasteiger partial charge < -0.3 is 9.47 Å². The number of hydrogen-bond donors (Lipinski definition) is 0. The first-order valence-corrected chi connectivity index (χ1v) is 8.30. The molecule has 4 aromatic rings. The van der Waals surface area contributed by atoms with Gasteiger partial charge in [-0.2, -0.15) is 19.1 Å². The van der Waals surface area contributed by atoms with E-state index in [-0.39, 0.29) is 11.5 Å². The first-order valence-electron chi connectivity index (χ1n) is 8.30. The van der Waals surface area contributed by atoms with Crippen molar-refractivity contribution < 1.29 is 18.3 Å². The van der Waals surface area contributed by atoms with Gasteiger partial charge in [-0.1, -0.05) is 12.1 Å². The molecule has 2 aromatic heterocycles. The molecule has 28 heavy (non-hydrogen) atoms. The molecule has 2 aromatic carbocycles. The first-order chi connectivity index (χ1) is 13.5. The predicted octanol–water partition coefficient (Wildman–Crippen LogP) is 4.27. The van der Waals surface area contributed by atoms with E-state index in [9.17, 15) is 8.78 Å². The van der Waals surface area contributed by atoms with Crippen LogP contribution in [0.5, 0.6) is 11.5 Å². The van der Waals surface area contributed by atoms with E-state index in [4.69, 9.17) is 10.00 Å². The normalized spacial score (nSPS) is 11.1. The van der Waals surface area contributed by atoms with Crippen LogP contribution in [0.15, 0.2) is 42.6 Å². The molecule has 8 heteroatoms. The van der Waals surface area contributed by atoms with Crippen molar-refractivity contribution in [1.82, 2.24) is 14.8 Å². The Kier molecular flexibility index (Phi) is 4.28. The van der Waals surface area contributed by atoms with Gasteiger partial charge in [0, 0.05) is 29.4 Å². The van der Waals surface area contributed by atoms with Crippen molar-refractivity contribution in [3.63, 3.8) is 0 Å². The van der Waals surface area contributed by atoms with Crippen molar-refractivity contribution in [2.24, 2.45) is 7.05 Å². The fraction of sp³-hybridized carbons (Fsp3) is 0.150. The summed E-state index contributed by atoms with van der Waals surface area (Å²) in [6, 6.07) is 12.2. The molecule has 0 radical (unpaired) electrons. The van der Waals surface area contributed by atoms with Crippen LogP contribution in [0.3, 0.4) is 0 Å². The van der Waals surface area contributed by atoms with Gasteiger partial charge in [0.05, 0.1) is 36.0 Å². The van der Waals surface area contributed by atoms with Crippen LogP contribution in [0.25, 0.3) is 33.1 Å². The lowest BCUT2D eigenvalue weighted by molar-refractivity contribution is -0.0511. The number of rotatable bonds is 4. The minimum atomic E-state index is -2.97. The summed E-state index contributed by atoms with van der Waals surface area (Å²) in [4.78, 5) is 4.36. The Bertz CT molecular complexity index is 1230. The molecule has 4 rings (SSSR count). The predicted molar refractivity (Wildman–Crippen MR) is 99.4 cm³/mol. The topological polar surface area (TPSA) is 73.0 Å². The molecule has 0 saturated heterocycles. The number of aryl methyl sites for hydroxylation is 1. The number of ether oxygens (including phenoxy) is 2. The van der Waals surface area contributed by atoms with E-state index in [1.165, 1.54) is 13.2 Å². The summed E-state index contributed by atoms with van der Waals surface area (Å²) in [5, 5.41) is 15.1. The van der Waals surface area contributed by atoms with E-state index in [1.807, 2.05) is 12.1 Å². The third-order valence-corrected chi connectivity index (χ3v) is 4.47. The number of pyridine rings is 1. The molecule has 0 bridgehead atoms. The zero-order valence-corrected chi connectivity index (χ0v) is 15.0. The summed E-state index contributed by atoms with van der Waals surface area (Å²) in [7, 11) is 3.19. The van der Waals surface area contributed by atoms with E-state index in [1.54, 1.807) is 36.1 Å². The summed E-state index contributed by atoms with van der Waals surface area (Å²) in [5.74, 6) is 0.0948. The number of alkyl halides is 2. The zero-order chi connectivity index (χ0) is 19.8. The average molecular weight is 380 g/mol. The number of nitriles is 1. The second-order valence-corrected chi connectivity index (χ2v) is 6.08. The number of hydrogen-bond acceptors (Lipinski definition) is 5. The Balaban J connectivity index is 2.01. The second kappa shape index (κ2) is 6.78. The monoisotopic (exact) mass is 380 g/mol. The van der Waals surface area contributed by atoms with Gasteiger partial charge in [0.2, 0.25) is 0 Å². The second-order valence-electron chi connectivity index (χ2n) is 6.08. The summed E-state index contributed by atoms with van der Waals surface area (Å²) in [5.41, 5.74) is 3.32. The van der Waals surface area contributed by atoms with Crippen LogP contribution in [0.1, 0.15) is 5.56 Å². The molecule has 0 amide bonds. The van der Waals surface area contributed by atoms with E-state index in [2.05, 4.69) is 20.9 Å². The van der Waals surface area contributed by atoms with E-state index in [0.717, 1.165) is 16.5 Å². The highest BCUT2D eigenvalue weighted by Gasteiger charge is 2.18. The minimum Gasteiger partial charge on any atom is -0.493 e. The van der Waals surface area contributed by atoms with Crippen molar-refractivity contribution in [3.8, 4) is 28.8 Å². The Labute approximate surface area is 158 Å². The third kappa shape index (κ3) is 2.87. The highest BCUT2D eigenvalue weighted by atomic mass is 19.3. The molecular weight excluding hydrogens is 366 g/mol. The van der Waals surface area contributed by atoms with Gasteiger partial charge in [0.25, 0.3) is 0 Å². The number of benzene rings is 2. The summed E-state index contributed by atoms with van der Waals surface area (Å²) >= 11 is 0. The molecule has 2 heterocycles. The number of aromatic nitrogens is 3. The maximum atomic E-state index is 12.7. The van der Waals surface area contributed by atoms with Crippen LogP contribution in [0, 0.1) is 11.3 Å². The van der Waals surface area contributed by atoms with Crippen LogP contribution in [-0.2, 0) is 7.05 Å². The molecule has 0 N–H and O–H groups in total. The highest BCUT2D eigenvalue weighted by Crippen LogP contribution is 2.38. The van der Waals surface area contributed by atoms with Crippen LogP contribution < -0.4 is 9.47 Å². The van der Waals surface area contributed by atoms with Crippen molar-refractivity contribution in [1.29, 1.82) is 5.26 Å². The number of methoxy groups -OCH3 is 1.